The lowest BCUT2D eigenvalue weighted by molar-refractivity contribution is -0.149. The van der Waals surface area contributed by atoms with Crippen LogP contribution in [0.2, 0.25) is 0 Å². The molecule has 1 aromatic rings. The second kappa shape index (κ2) is 5.42. The number of aliphatic carboxylic acids is 1. The first kappa shape index (κ1) is 12.9. The van der Waals surface area contributed by atoms with Crippen molar-refractivity contribution in [2.24, 2.45) is 5.41 Å². The SMILES string of the molecule is Cc1cccc(OCCC2(C(=O)O)CCCC2)c1. The minimum atomic E-state index is -0.659. The van der Waals surface area contributed by atoms with Crippen molar-refractivity contribution in [3.8, 4) is 5.75 Å². The Kier molecular flexibility index (Phi) is 3.90. The summed E-state index contributed by atoms with van der Waals surface area (Å²) in [5.41, 5.74) is 0.616. The molecule has 0 atom stereocenters. The van der Waals surface area contributed by atoms with Gasteiger partial charge in [-0.15, -0.1) is 0 Å². The highest BCUT2D eigenvalue weighted by Gasteiger charge is 2.40. The Morgan fingerprint density at radius 2 is 2.11 bits per heavy atom. The van der Waals surface area contributed by atoms with Gasteiger partial charge in [-0.25, -0.2) is 0 Å². The van der Waals surface area contributed by atoms with Crippen molar-refractivity contribution in [1.29, 1.82) is 0 Å². The maximum absolute atomic E-state index is 11.4. The van der Waals surface area contributed by atoms with Crippen LogP contribution in [0.15, 0.2) is 24.3 Å². The van der Waals surface area contributed by atoms with E-state index in [9.17, 15) is 9.90 Å². The molecule has 0 amide bonds. The molecule has 3 heteroatoms. The highest BCUT2D eigenvalue weighted by atomic mass is 16.5. The summed E-state index contributed by atoms with van der Waals surface area (Å²) in [6.07, 6.45) is 4.24. The summed E-state index contributed by atoms with van der Waals surface area (Å²) in [6.45, 7) is 2.50. The molecule has 0 saturated heterocycles. The Labute approximate surface area is 108 Å². The van der Waals surface area contributed by atoms with Gasteiger partial charge < -0.3 is 9.84 Å². The van der Waals surface area contributed by atoms with Gasteiger partial charge in [0.2, 0.25) is 0 Å². The predicted octanol–water partition coefficient (Wildman–Crippen LogP) is 3.41. The van der Waals surface area contributed by atoms with Crippen molar-refractivity contribution in [2.45, 2.75) is 39.0 Å². The molecule has 2 rings (SSSR count). The van der Waals surface area contributed by atoms with Gasteiger partial charge in [0, 0.05) is 0 Å². The molecule has 0 aromatic heterocycles. The molecule has 1 saturated carbocycles. The number of hydrogen-bond acceptors (Lipinski definition) is 2. The molecule has 0 spiro atoms. The highest BCUT2D eigenvalue weighted by Crippen LogP contribution is 2.41. The Bertz CT molecular complexity index is 420. The molecule has 1 N–H and O–H groups in total. The van der Waals surface area contributed by atoms with Gasteiger partial charge in [-0.2, -0.15) is 0 Å². The van der Waals surface area contributed by atoms with E-state index in [2.05, 4.69) is 0 Å². The number of rotatable bonds is 5. The summed E-state index contributed by atoms with van der Waals surface area (Å²) in [5.74, 6) is 0.168. The predicted molar refractivity (Wildman–Crippen MR) is 69.8 cm³/mol. The summed E-state index contributed by atoms with van der Waals surface area (Å²) in [4.78, 5) is 11.4. The van der Waals surface area contributed by atoms with E-state index in [0.29, 0.717) is 13.0 Å². The van der Waals surface area contributed by atoms with Crippen molar-refractivity contribution in [3.63, 3.8) is 0 Å². The fourth-order valence-electron chi connectivity index (χ4n) is 2.69. The zero-order valence-corrected chi connectivity index (χ0v) is 10.8. The van der Waals surface area contributed by atoms with Gasteiger partial charge in [0.15, 0.2) is 0 Å². The van der Waals surface area contributed by atoms with Gasteiger partial charge in [-0.1, -0.05) is 25.0 Å². The summed E-state index contributed by atoms with van der Waals surface area (Å²) >= 11 is 0. The summed E-state index contributed by atoms with van der Waals surface area (Å²) in [6, 6.07) is 7.85. The quantitative estimate of drug-likeness (QED) is 0.868. The summed E-state index contributed by atoms with van der Waals surface area (Å²) < 4.78 is 5.66. The van der Waals surface area contributed by atoms with Crippen molar-refractivity contribution in [3.05, 3.63) is 29.8 Å². The van der Waals surface area contributed by atoms with E-state index in [1.54, 1.807) is 0 Å². The number of carboxylic acid groups (broad SMARTS) is 1. The van der Waals surface area contributed by atoms with Crippen LogP contribution in [0.4, 0.5) is 0 Å². The molecular weight excluding hydrogens is 228 g/mol. The molecule has 1 aromatic carbocycles. The number of hydrogen-bond donors (Lipinski definition) is 1. The molecule has 0 aliphatic heterocycles. The number of benzene rings is 1. The van der Waals surface area contributed by atoms with Gasteiger partial charge >= 0.3 is 5.97 Å². The number of aryl methyl sites for hydroxylation is 1. The molecule has 0 bridgehead atoms. The van der Waals surface area contributed by atoms with Crippen molar-refractivity contribution >= 4 is 5.97 Å². The monoisotopic (exact) mass is 248 g/mol. The van der Waals surface area contributed by atoms with Gasteiger partial charge in [-0.05, 0) is 43.9 Å². The summed E-state index contributed by atoms with van der Waals surface area (Å²) in [5, 5.41) is 9.35. The smallest absolute Gasteiger partial charge is 0.309 e. The minimum absolute atomic E-state index is 0.482. The molecule has 1 aliphatic carbocycles. The number of ether oxygens (including phenoxy) is 1. The van der Waals surface area contributed by atoms with Crippen LogP contribution in [0.5, 0.6) is 5.75 Å². The Morgan fingerprint density at radius 1 is 1.39 bits per heavy atom. The maximum Gasteiger partial charge on any atom is 0.309 e. The van der Waals surface area contributed by atoms with Gasteiger partial charge in [-0.3, -0.25) is 4.79 Å². The zero-order valence-electron chi connectivity index (χ0n) is 10.8. The number of carboxylic acids is 1. The molecule has 1 fully saturated rings. The van der Waals surface area contributed by atoms with Gasteiger partial charge in [0.25, 0.3) is 0 Å². The third kappa shape index (κ3) is 2.84. The largest absolute Gasteiger partial charge is 0.494 e. The molecular formula is C15H20O3. The lowest BCUT2D eigenvalue weighted by Crippen LogP contribution is -2.29. The Hall–Kier alpha value is -1.51. The van der Waals surface area contributed by atoms with Crippen molar-refractivity contribution in [2.75, 3.05) is 6.61 Å². The average molecular weight is 248 g/mol. The Balaban J connectivity index is 1.89. The third-order valence-electron chi connectivity index (χ3n) is 3.85. The first-order valence-electron chi connectivity index (χ1n) is 6.55. The van der Waals surface area contributed by atoms with E-state index in [-0.39, 0.29) is 0 Å². The second-order valence-electron chi connectivity index (χ2n) is 5.21. The normalized spacial score (nSPS) is 17.6. The number of carbonyl (C=O) groups is 1. The van der Waals surface area contributed by atoms with E-state index < -0.39 is 11.4 Å². The topological polar surface area (TPSA) is 46.5 Å². The van der Waals surface area contributed by atoms with E-state index in [0.717, 1.165) is 37.0 Å². The van der Waals surface area contributed by atoms with Crippen LogP contribution in [0.1, 0.15) is 37.7 Å². The zero-order chi connectivity index (χ0) is 13.0. The molecule has 0 heterocycles. The molecule has 3 nitrogen and oxygen atoms in total. The fourth-order valence-corrected chi connectivity index (χ4v) is 2.69. The fraction of sp³-hybridized carbons (Fsp3) is 0.533. The van der Waals surface area contributed by atoms with Crippen molar-refractivity contribution in [1.82, 2.24) is 0 Å². The lowest BCUT2D eigenvalue weighted by atomic mass is 9.83. The van der Waals surface area contributed by atoms with Crippen molar-refractivity contribution < 1.29 is 14.6 Å². The first-order chi connectivity index (χ1) is 8.62. The van der Waals surface area contributed by atoms with Crippen LogP contribution in [0.3, 0.4) is 0 Å². The van der Waals surface area contributed by atoms with E-state index >= 15 is 0 Å². The second-order valence-corrected chi connectivity index (χ2v) is 5.21. The third-order valence-corrected chi connectivity index (χ3v) is 3.85. The Morgan fingerprint density at radius 3 is 2.72 bits per heavy atom. The van der Waals surface area contributed by atoms with Crippen LogP contribution in [-0.4, -0.2) is 17.7 Å². The van der Waals surface area contributed by atoms with Crippen LogP contribution in [0, 0.1) is 12.3 Å². The molecule has 0 radical (unpaired) electrons. The van der Waals surface area contributed by atoms with Crippen LogP contribution >= 0.6 is 0 Å². The molecule has 1 aliphatic rings. The summed E-state index contributed by atoms with van der Waals surface area (Å²) in [7, 11) is 0. The lowest BCUT2D eigenvalue weighted by Gasteiger charge is -2.23. The minimum Gasteiger partial charge on any atom is -0.494 e. The van der Waals surface area contributed by atoms with E-state index in [1.807, 2.05) is 31.2 Å². The van der Waals surface area contributed by atoms with Crippen LogP contribution < -0.4 is 4.74 Å². The average Bonchev–Trinajstić information content (AvgIpc) is 2.79. The van der Waals surface area contributed by atoms with E-state index in [4.69, 9.17) is 4.74 Å². The van der Waals surface area contributed by atoms with Crippen LogP contribution in [-0.2, 0) is 4.79 Å². The highest BCUT2D eigenvalue weighted by molar-refractivity contribution is 5.74. The van der Waals surface area contributed by atoms with Gasteiger partial charge in [0.1, 0.15) is 5.75 Å². The molecule has 98 valence electrons. The van der Waals surface area contributed by atoms with E-state index in [1.165, 1.54) is 0 Å². The standard InChI is InChI=1S/C15H20O3/c1-12-5-4-6-13(11-12)18-10-9-15(14(16)17)7-2-3-8-15/h4-6,11H,2-3,7-10H2,1H3,(H,16,17). The molecule has 0 unspecified atom stereocenters. The maximum atomic E-state index is 11.4. The van der Waals surface area contributed by atoms with Crippen LogP contribution in [0.25, 0.3) is 0 Å². The van der Waals surface area contributed by atoms with Gasteiger partial charge in [0.05, 0.1) is 12.0 Å². The molecule has 18 heavy (non-hydrogen) atoms. The first-order valence-corrected chi connectivity index (χ1v) is 6.55.